The average Bonchev–Trinajstić information content (AvgIpc) is 2.75. The summed E-state index contributed by atoms with van der Waals surface area (Å²) >= 11 is 11.9. The van der Waals surface area contributed by atoms with Crippen LogP contribution in [-0.4, -0.2) is 56.1 Å². The van der Waals surface area contributed by atoms with Crippen LogP contribution in [-0.2, 0) is 14.8 Å². The van der Waals surface area contributed by atoms with E-state index in [1.165, 1.54) is 37.2 Å². The van der Waals surface area contributed by atoms with Gasteiger partial charge in [-0.25, -0.2) is 12.7 Å². The molecular formula is C21H23Cl2N3O4S. The normalized spacial score (nSPS) is 16.9. The SMILES string of the molecule is CN(C)S(=O)(=O)c1cccc(C(=O)N2CCCCC2C(=O)Nc2ccc(Cl)c(Cl)c2)c1. The maximum atomic E-state index is 13.2. The molecular weight excluding hydrogens is 461 g/mol. The highest BCUT2D eigenvalue weighted by atomic mass is 35.5. The lowest BCUT2D eigenvalue weighted by Crippen LogP contribution is -2.50. The van der Waals surface area contributed by atoms with Crippen molar-refractivity contribution in [2.45, 2.75) is 30.2 Å². The van der Waals surface area contributed by atoms with Crippen molar-refractivity contribution < 1.29 is 18.0 Å². The minimum atomic E-state index is -3.68. The number of nitrogens with one attached hydrogen (secondary N) is 1. The van der Waals surface area contributed by atoms with Crippen molar-refractivity contribution in [3.8, 4) is 0 Å². The Labute approximate surface area is 192 Å². The zero-order valence-electron chi connectivity index (χ0n) is 17.1. The molecule has 1 N–H and O–H groups in total. The largest absolute Gasteiger partial charge is 0.327 e. The third-order valence-corrected chi connectivity index (χ3v) is 7.66. The lowest BCUT2D eigenvalue weighted by molar-refractivity contribution is -0.121. The molecule has 166 valence electrons. The van der Waals surface area contributed by atoms with E-state index in [1.807, 2.05) is 0 Å². The summed E-state index contributed by atoms with van der Waals surface area (Å²) in [6.45, 7) is 0.406. The first kappa shape index (κ1) is 23.5. The van der Waals surface area contributed by atoms with Crippen molar-refractivity contribution in [2.75, 3.05) is 26.0 Å². The first-order valence-electron chi connectivity index (χ1n) is 9.71. The number of hydrogen-bond donors (Lipinski definition) is 1. The Morgan fingerprint density at radius 2 is 1.81 bits per heavy atom. The van der Waals surface area contributed by atoms with Gasteiger partial charge < -0.3 is 10.2 Å². The van der Waals surface area contributed by atoms with Gasteiger partial charge in [-0.1, -0.05) is 29.3 Å². The van der Waals surface area contributed by atoms with Gasteiger partial charge in [0.1, 0.15) is 6.04 Å². The Bertz CT molecular complexity index is 1110. The summed E-state index contributed by atoms with van der Waals surface area (Å²) in [4.78, 5) is 27.7. The van der Waals surface area contributed by atoms with Crippen LogP contribution in [0.25, 0.3) is 0 Å². The fraction of sp³-hybridized carbons (Fsp3) is 0.333. The number of nitrogens with zero attached hydrogens (tertiary/aromatic N) is 2. The minimum Gasteiger partial charge on any atom is -0.327 e. The highest BCUT2D eigenvalue weighted by Crippen LogP contribution is 2.27. The minimum absolute atomic E-state index is 0.0252. The summed E-state index contributed by atoms with van der Waals surface area (Å²) in [5, 5.41) is 3.48. The number of rotatable bonds is 5. The summed E-state index contributed by atoms with van der Waals surface area (Å²) in [6.07, 6.45) is 2.07. The Hall–Kier alpha value is -2.13. The maximum Gasteiger partial charge on any atom is 0.254 e. The quantitative estimate of drug-likeness (QED) is 0.698. The molecule has 1 saturated heterocycles. The number of piperidine rings is 1. The van der Waals surface area contributed by atoms with Crippen LogP contribution < -0.4 is 5.32 Å². The van der Waals surface area contributed by atoms with Crippen molar-refractivity contribution in [3.63, 3.8) is 0 Å². The predicted molar refractivity (Wildman–Crippen MR) is 121 cm³/mol. The zero-order chi connectivity index (χ0) is 22.8. The van der Waals surface area contributed by atoms with E-state index in [9.17, 15) is 18.0 Å². The highest BCUT2D eigenvalue weighted by molar-refractivity contribution is 7.89. The Morgan fingerprint density at radius 3 is 2.48 bits per heavy atom. The molecule has 1 aliphatic heterocycles. The van der Waals surface area contributed by atoms with Crippen LogP contribution >= 0.6 is 23.2 Å². The number of carbonyl (C=O) groups excluding carboxylic acids is 2. The second kappa shape index (κ2) is 9.56. The first-order chi connectivity index (χ1) is 14.6. The van der Waals surface area contributed by atoms with Crippen LogP contribution in [0.4, 0.5) is 5.69 Å². The standard InChI is InChI=1S/C21H23Cl2N3O4S/c1-25(2)31(29,30)16-7-5-6-14(12-16)21(28)26-11-4-3-8-19(26)20(27)24-15-9-10-17(22)18(23)13-15/h5-7,9-10,12-13,19H,3-4,8,11H2,1-2H3,(H,24,27). The van der Waals surface area contributed by atoms with E-state index in [1.54, 1.807) is 24.3 Å². The smallest absolute Gasteiger partial charge is 0.254 e. The van der Waals surface area contributed by atoms with Crippen LogP contribution in [0, 0.1) is 0 Å². The molecule has 3 rings (SSSR count). The van der Waals surface area contributed by atoms with Gasteiger partial charge in [-0.2, -0.15) is 0 Å². The number of likely N-dealkylation sites (tertiary alicyclic amines) is 1. The topological polar surface area (TPSA) is 86.8 Å². The van der Waals surface area contributed by atoms with E-state index in [2.05, 4.69) is 5.32 Å². The van der Waals surface area contributed by atoms with E-state index >= 15 is 0 Å². The van der Waals surface area contributed by atoms with Crippen LogP contribution in [0.15, 0.2) is 47.4 Å². The Balaban J connectivity index is 1.84. The van der Waals surface area contributed by atoms with Crippen LogP contribution in [0.2, 0.25) is 10.0 Å². The molecule has 0 aliphatic carbocycles. The molecule has 2 aromatic carbocycles. The van der Waals surface area contributed by atoms with Crippen molar-refractivity contribution >= 4 is 50.7 Å². The lowest BCUT2D eigenvalue weighted by Gasteiger charge is -2.35. The maximum absolute atomic E-state index is 13.2. The molecule has 0 saturated carbocycles. The lowest BCUT2D eigenvalue weighted by atomic mass is 10.00. The number of anilines is 1. The number of sulfonamides is 1. The van der Waals surface area contributed by atoms with Crippen LogP contribution in [0.1, 0.15) is 29.6 Å². The summed E-state index contributed by atoms with van der Waals surface area (Å²) in [5.41, 5.74) is 0.702. The third kappa shape index (κ3) is 5.20. The highest BCUT2D eigenvalue weighted by Gasteiger charge is 2.33. The molecule has 2 amide bonds. The monoisotopic (exact) mass is 483 g/mol. The van der Waals surface area contributed by atoms with Gasteiger partial charge >= 0.3 is 0 Å². The van der Waals surface area contributed by atoms with Gasteiger partial charge in [-0.3, -0.25) is 9.59 Å². The molecule has 0 spiro atoms. The summed E-state index contributed by atoms with van der Waals surface area (Å²) < 4.78 is 25.9. The van der Waals surface area contributed by atoms with Crippen molar-refractivity contribution in [2.24, 2.45) is 0 Å². The van der Waals surface area contributed by atoms with E-state index in [-0.39, 0.29) is 22.3 Å². The van der Waals surface area contributed by atoms with Crippen molar-refractivity contribution in [1.82, 2.24) is 9.21 Å². The average molecular weight is 484 g/mol. The molecule has 10 heteroatoms. The van der Waals surface area contributed by atoms with Gasteiger partial charge in [0.05, 0.1) is 14.9 Å². The number of carbonyl (C=O) groups is 2. The van der Waals surface area contributed by atoms with E-state index in [0.717, 1.165) is 17.1 Å². The van der Waals surface area contributed by atoms with E-state index < -0.39 is 16.1 Å². The number of hydrogen-bond acceptors (Lipinski definition) is 4. The van der Waals surface area contributed by atoms with Gasteiger partial charge in [-0.15, -0.1) is 0 Å². The van der Waals surface area contributed by atoms with Crippen molar-refractivity contribution in [1.29, 1.82) is 0 Å². The van der Waals surface area contributed by atoms with Crippen molar-refractivity contribution in [3.05, 3.63) is 58.1 Å². The molecule has 0 bridgehead atoms. The molecule has 0 aromatic heterocycles. The molecule has 1 unspecified atom stereocenters. The van der Waals surface area contributed by atoms with Gasteiger partial charge in [0, 0.05) is 31.9 Å². The molecule has 1 fully saturated rings. The summed E-state index contributed by atoms with van der Waals surface area (Å²) in [6, 6.07) is 9.96. The molecule has 0 radical (unpaired) electrons. The van der Waals surface area contributed by atoms with Gasteiger partial charge in [-0.05, 0) is 55.7 Å². The predicted octanol–water partition coefficient (Wildman–Crippen LogP) is 3.88. The molecule has 1 heterocycles. The molecule has 1 atom stereocenters. The third-order valence-electron chi connectivity index (χ3n) is 5.11. The summed E-state index contributed by atoms with van der Waals surface area (Å²) in [7, 11) is -0.825. The van der Waals surface area contributed by atoms with E-state index in [4.69, 9.17) is 23.2 Å². The first-order valence-corrected chi connectivity index (χ1v) is 11.9. The number of benzene rings is 2. The van der Waals surface area contributed by atoms with Gasteiger partial charge in [0.15, 0.2) is 0 Å². The second-order valence-electron chi connectivity index (χ2n) is 7.44. The summed E-state index contributed by atoms with van der Waals surface area (Å²) in [5.74, 6) is -0.715. The fourth-order valence-electron chi connectivity index (χ4n) is 3.41. The molecule has 31 heavy (non-hydrogen) atoms. The number of amides is 2. The van der Waals surface area contributed by atoms with Gasteiger partial charge in [0.25, 0.3) is 5.91 Å². The second-order valence-corrected chi connectivity index (χ2v) is 10.4. The zero-order valence-corrected chi connectivity index (χ0v) is 19.5. The fourth-order valence-corrected chi connectivity index (χ4v) is 4.66. The van der Waals surface area contributed by atoms with Crippen LogP contribution in [0.5, 0.6) is 0 Å². The van der Waals surface area contributed by atoms with Crippen LogP contribution in [0.3, 0.4) is 0 Å². The Kier molecular flexibility index (Phi) is 7.26. The van der Waals surface area contributed by atoms with E-state index in [0.29, 0.717) is 28.7 Å². The number of halogens is 2. The molecule has 2 aromatic rings. The Morgan fingerprint density at radius 1 is 1.06 bits per heavy atom. The molecule has 1 aliphatic rings. The van der Waals surface area contributed by atoms with Gasteiger partial charge in [0.2, 0.25) is 15.9 Å². The molecule has 7 nitrogen and oxygen atoms in total.